The van der Waals surface area contributed by atoms with E-state index in [4.69, 9.17) is 29.9 Å². The van der Waals surface area contributed by atoms with Crippen LogP contribution < -0.4 is 15.5 Å². The number of benzene rings is 2. The Morgan fingerprint density at radius 1 is 0.611 bits per heavy atom. The first kappa shape index (κ1) is 30.8. The summed E-state index contributed by atoms with van der Waals surface area (Å²) in [6, 6.07) is 25.2. The summed E-state index contributed by atoms with van der Waals surface area (Å²) < 4.78 is 0. The molecule has 0 radical (unpaired) electrons. The van der Waals surface area contributed by atoms with Crippen molar-refractivity contribution in [2.45, 2.75) is 37.5 Å². The predicted octanol–water partition coefficient (Wildman–Crippen LogP) is 8.18. The van der Waals surface area contributed by atoms with Crippen molar-refractivity contribution in [2.75, 3.05) is 4.90 Å². The van der Waals surface area contributed by atoms with E-state index in [-0.39, 0.29) is 24.2 Å². The van der Waals surface area contributed by atoms with E-state index in [1.165, 1.54) is 0 Å². The zero-order valence-corrected chi connectivity index (χ0v) is 29.5. The highest BCUT2D eigenvalue weighted by Gasteiger charge is 2.40. The second kappa shape index (κ2) is 12.2. The van der Waals surface area contributed by atoms with E-state index < -0.39 is 0 Å². The molecule has 0 saturated heterocycles. The molecular weight excluding hydrogens is 667 g/mol. The summed E-state index contributed by atoms with van der Waals surface area (Å²) in [7, 11) is 0. The number of pyridine rings is 2. The van der Waals surface area contributed by atoms with Crippen molar-refractivity contribution in [3.8, 4) is 0 Å². The minimum Gasteiger partial charge on any atom is -0.341 e. The number of aromatic nitrogens is 2. The van der Waals surface area contributed by atoms with Crippen molar-refractivity contribution in [2.24, 2.45) is 25.9 Å². The number of hydrogen-bond acceptors (Lipinski definition) is 9. The predicted molar refractivity (Wildman–Crippen MR) is 214 cm³/mol. The van der Waals surface area contributed by atoms with Crippen LogP contribution in [0.1, 0.15) is 71.2 Å². The van der Waals surface area contributed by atoms with Crippen LogP contribution >= 0.6 is 0 Å². The second-order valence-electron chi connectivity index (χ2n) is 14.5. The van der Waals surface area contributed by atoms with E-state index in [1.54, 1.807) is 0 Å². The van der Waals surface area contributed by atoms with Gasteiger partial charge in [0, 0.05) is 75.3 Å². The lowest BCUT2D eigenvalue weighted by molar-refractivity contribution is 0.698. The standard InChI is InChI=1S/C45H35N9/c1-26-7-2-8-31(25-26)54(29-17-13-27(14-18-29)44-50-40-32-9-3-21-46-36(32)37-33(41(40)51-44)10-4-22-47-37)30-19-15-28(16-20-30)45-52-42-34-11-5-23-48-38(34)39-35(43(42)53-45)12-6-24-49-39/h2-6,8-26,36,38,41,43H,7H2,1H3,(H,50,51)(H,52,53). The fourth-order valence-electron chi connectivity index (χ4n) is 8.60. The Balaban J connectivity index is 0.913. The molecule has 5 atom stereocenters. The quantitative estimate of drug-likeness (QED) is 0.219. The van der Waals surface area contributed by atoms with E-state index in [2.05, 4.69) is 114 Å². The topological polar surface area (TPSA) is 103 Å². The van der Waals surface area contributed by atoms with Gasteiger partial charge in [-0.3, -0.25) is 29.9 Å². The molecule has 0 bridgehead atoms. The fourth-order valence-corrected chi connectivity index (χ4v) is 8.60. The molecule has 9 heteroatoms. The molecule has 7 aliphatic rings. The SMILES string of the molecule is CC1C=C(N(c2ccc(C3=NC4C(=C5C=CC=NC5c5ncccc54)N3)cc2)c2ccc(C3=NC4C(=C5C=CC=NC5c5ncccc54)N3)cc2)C=CC1. The molecule has 5 unspecified atom stereocenters. The van der Waals surface area contributed by atoms with Crippen LogP contribution in [0.25, 0.3) is 0 Å². The zero-order valence-electron chi connectivity index (χ0n) is 29.5. The summed E-state index contributed by atoms with van der Waals surface area (Å²) in [5.74, 6) is 2.15. The highest BCUT2D eigenvalue weighted by Crippen LogP contribution is 2.47. The molecule has 4 aliphatic heterocycles. The zero-order chi connectivity index (χ0) is 35.8. The molecule has 54 heavy (non-hydrogen) atoms. The number of nitrogens with zero attached hydrogens (tertiary/aromatic N) is 7. The number of dihydropyridines is 2. The lowest BCUT2D eigenvalue weighted by atomic mass is 9.85. The number of aliphatic imine (C=N–C) groups is 4. The third-order valence-electron chi connectivity index (χ3n) is 11.1. The highest BCUT2D eigenvalue weighted by molar-refractivity contribution is 6.03. The van der Waals surface area contributed by atoms with Gasteiger partial charge >= 0.3 is 0 Å². The Morgan fingerprint density at radius 3 is 1.63 bits per heavy atom. The van der Waals surface area contributed by atoms with E-state index in [0.29, 0.717) is 5.92 Å². The normalized spacial score (nSPS) is 25.0. The third-order valence-corrected chi connectivity index (χ3v) is 11.1. The van der Waals surface area contributed by atoms with Crippen molar-refractivity contribution in [1.82, 2.24) is 20.6 Å². The van der Waals surface area contributed by atoms with Gasteiger partial charge in [-0.1, -0.05) is 43.4 Å². The Bertz CT molecular complexity index is 2400. The van der Waals surface area contributed by atoms with Gasteiger partial charge < -0.3 is 15.5 Å². The Kier molecular flexibility index (Phi) is 6.95. The van der Waals surface area contributed by atoms with Crippen molar-refractivity contribution in [3.05, 3.63) is 190 Å². The van der Waals surface area contributed by atoms with Gasteiger partial charge in [0.05, 0.1) is 22.8 Å². The Morgan fingerprint density at radius 2 is 1.13 bits per heavy atom. The number of amidine groups is 2. The largest absolute Gasteiger partial charge is 0.341 e. The molecule has 2 aromatic heterocycles. The molecule has 0 saturated carbocycles. The maximum atomic E-state index is 5.21. The summed E-state index contributed by atoms with van der Waals surface area (Å²) in [4.78, 5) is 31.7. The molecule has 0 spiro atoms. The smallest absolute Gasteiger partial charge is 0.133 e. The van der Waals surface area contributed by atoms with Crippen molar-refractivity contribution in [3.63, 3.8) is 0 Å². The molecule has 11 rings (SSSR count). The number of fused-ring (bicyclic) bond motifs is 10. The lowest BCUT2D eigenvalue weighted by Crippen LogP contribution is -2.25. The second-order valence-corrected chi connectivity index (χ2v) is 14.5. The van der Waals surface area contributed by atoms with E-state index in [9.17, 15) is 0 Å². The summed E-state index contributed by atoms with van der Waals surface area (Å²) in [5.41, 5.74) is 14.0. The number of rotatable bonds is 5. The van der Waals surface area contributed by atoms with Crippen molar-refractivity contribution in [1.29, 1.82) is 0 Å². The van der Waals surface area contributed by atoms with Gasteiger partial charge in [-0.25, -0.2) is 0 Å². The van der Waals surface area contributed by atoms with Crippen LogP contribution in [0, 0.1) is 5.92 Å². The van der Waals surface area contributed by atoms with Crippen molar-refractivity contribution >= 4 is 35.5 Å². The number of nitrogens with one attached hydrogen (secondary N) is 2. The summed E-state index contributed by atoms with van der Waals surface area (Å²) >= 11 is 0. The maximum absolute atomic E-state index is 5.21. The van der Waals surface area contributed by atoms with Crippen LogP contribution in [0.5, 0.6) is 0 Å². The molecule has 2 aromatic carbocycles. The van der Waals surface area contributed by atoms with Gasteiger partial charge in [0.2, 0.25) is 0 Å². The summed E-state index contributed by atoms with van der Waals surface area (Å²) in [5, 5.41) is 7.35. The Labute approximate surface area is 313 Å². The van der Waals surface area contributed by atoms with Crippen LogP contribution in [0.15, 0.2) is 176 Å². The monoisotopic (exact) mass is 701 g/mol. The number of allylic oxidation sites excluding steroid dienone is 5. The van der Waals surface area contributed by atoms with Gasteiger partial charge in [0.25, 0.3) is 0 Å². The minimum absolute atomic E-state index is 0.107. The number of hydrogen-bond donors (Lipinski definition) is 2. The molecule has 9 nitrogen and oxygen atoms in total. The molecule has 3 aliphatic carbocycles. The summed E-state index contributed by atoms with van der Waals surface area (Å²) in [6.07, 6.45) is 23.6. The van der Waals surface area contributed by atoms with Crippen LogP contribution in [-0.4, -0.2) is 34.1 Å². The van der Waals surface area contributed by atoms with E-state index >= 15 is 0 Å². The van der Waals surface area contributed by atoms with Crippen LogP contribution in [0.2, 0.25) is 0 Å². The van der Waals surface area contributed by atoms with Gasteiger partial charge in [-0.2, -0.15) is 0 Å². The van der Waals surface area contributed by atoms with Crippen LogP contribution in [-0.2, 0) is 0 Å². The molecule has 6 heterocycles. The van der Waals surface area contributed by atoms with E-state index in [1.807, 2.05) is 49.1 Å². The first-order valence-corrected chi connectivity index (χ1v) is 18.5. The first-order valence-electron chi connectivity index (χ1n) is 18.5. The summed E-state index contributed by atoms with van der Waals surface area (Å²) in [6.45, 7) is 2.27. The van der Waals surface area contributed by atoms with Gasteiger partial charge in [0.15, 0.2) is 0 Å². The molecule has 2 N–H and O–H groups in total. The lowest BCUT2D eigenvalue weighted by Gasteiger charge is -2.29. The first-order chi connectivity index (χ1) is 26.7. The fraction of sp³-hybridized carbons (Fsp3) is 0.156. The van der Waals surface area contributed by atoms with Crippen LogP contribution in [0.3, 0.4) is 0 Å². The molecular formula is C45H35N9. The van der Waals surface area contributed by atoms with Crippen molar-refractivity contribution < 1.29 is 0 Å². The minimum atomic E-state index is -0.123. The highest BCUT2D eigenvalue weighted by atomic mass is 15.2. The molecule has 0 fully saturated rings. The molecule has 260 valence electrons. The Hall–Kier alpha value is -6.74. The van der Waals surface area contributed by atoms with Gasteiger partial charge in [-0.15, -0.1) is 0 Å². The maximum Gasteiger partial charge on any atom is 0.133 e. The number of anilines is 2. The van der Waals surface area contributed by atoms with Crippen LogP contribution in [0.4, 0.5) is 11.4 Å². The molecule has 4 aromatic rings. The van der Waals surface area contributed by atoms with Gasteiger partial charge in [0.1, 0.15) is 35.8 Å². The van der Waals surface area contributed by atoms with Gasteiger partial charge in [-0.05, 0) is 91.2 Å². The third kappa shape index (κ3) is 4.85. The van der Waals surface area contributed by atoms with E-state index in [0.717, 1.165) is 91.3 Å². The average molecular weight is 702 g/mol. The average Bonchev–Trinajstić information content (AvgIpc) is 3.89. The molecule has 0 amide bonds.